The van der Waals surface area contributed by atoms with Gasteiger partial charge in [0.15, 0.2) is 0 Å². The van der Waals surface area contributed by atoms with Gasteiger partial charge in [0.2, 0.25) is 0 Å². The molecule has 1 saturated heterocycles. The van der Waals surface area contributed by atoms with Gasteiger partial charge in [0, 0.05) is 36.6 Å². The van der Waals surface area contributed by atoms with Gasteiger partial charge >= 0.3 is 0 Å². The number of nitrogens with zero attached hydrogens (tertiary/aromatic N) is 3. The molecule has 3 heterocycles. The third-order valence-electron chi connectivity index (χ3n) is 4.23. The Bertz CT molecular complexity index is 901. The molecule has 0 atom stereocenters. The largest absolute Gasteiger partial charge is 0.378 e. The standard InChI is InChI=1S/C19H18N4O2/c24-19(22-16-5-1-3-14-4-2-7-21-18(14)16)17-13-15(6-8-20-17)23-9-11-25-12-10-23/h1-8,13H,9-12H2,(H,22,24). The fourth-order valence-corrected chi connectivity index (χ4v) is 2.95. The number of hydrogen-bond donors (Lipinski definition) is 1. The van der Waals surface area contributed by atoms with Crippen molar-refractivity contribution in [3.63, 3.8) is 0 Å². The van der Waals surface area contributed by atoms with Gasteiger partial charge in [0.25, 0.3) is 5.91 Å². The molecule has 0 aliphatic carbocycles. The maximum absolute atomic E-state index is 12.6. The molecule has 1 aliphatic heterocycles. The Balaban J connectivity index is 1.58. The zero-order valence-electron chi connectivity index (χ0n) is 13.7. The normalized spacial score (nSPS) is 14.5. The van der Waals surface area contributed by atoms with E-state index >= 15 is 0 Å². The maximum atomic E-state index is 12.6. The number of amides is 1. The summed E-state index contributed by atoms with van der Waals surface area (Å²) in [6, 6.07) is 13.3. The first-order valence-electron chi connectivity index (χ1n) is 8.25. The number of carbonyl (C=O) groups excluding carboxylic acids is 1. The van der Waals surface area contributed by atoms with Crippen LogP contribution in [0.2, 0.25) is 0 Å². The number of nitrogens with one attached hydrogen (secondary N) is 1. The van der Waals surface area contributed by atoms with Crippen LogP contribution >= 0.6 is 0 Å². The summed E-state index contributed by atoms with van der Waals surface area (Å²) in [7, 11) is 0. The molecule has 25 heavy (non-hydrogen) atoms. The highest BCUT2D eigenvalue weighted by molar-refractivity contribution is 6.07. The Labute approximate surface area is 145 Å². The van der Waals surface area contributed by atoms with Crippen LogP contribution in [-0.4, -0.2) is 42.2 Å². The van der Waals surface area contributed by atoms with Crippen LogP contribution in [0.4, 0.5) is 11.4 Å². The van der Waals surface area contributed by atoms with Gasteiger partial charge in [-0.3, -0.25) is 14.8 Å². The fourth-order valence-electron chi connectivity index (χ4n) is 2.95. The Morgan fingerprint density at radius 3 is 2.76 bits per heavy atom. The highest BCUT2D eigenvalue weighted by Gasteiger charge is 2.15. The number of anilines is 2. The van der Waals surface area contributed by atoms with Gasteiger partial charge in [-0.15, -0.1) is 0 Å². The third-order valence-corrected chi connectivity index (χ3v) is 4.23. The molecule has 0 spiro atoms. The van der Waals surface area contributed by atoms with Gasteiger partial charge in [-0.25, -0.2) is 0 Å². The Morgan fingerprint density at radius 1 is 1.04 bits per heavy atom. The van der Waals surface area contributed by atoms with Crippen molar-refractivity contribution in [1.29, 1.82) is 0 Å². The van der Waals surface area contributed by atoms with E-state index < -0.39 is 0 Å². The van der Waals surface area contributed by atoms with Crippen molar-refractivity contribution in [3.05, 3.63) is 60.6 Å². The summed E-state index contributed by atoms with van der Waals surface area (Å²) in [5.41, 5.74) is 2.82. The first-order valence-corrected chi connectivity index (χ1v) is 8.25. The molecule has 6 nitrogen and oxygen atoms in total. The molecular weight excluding hydrogens is 316 g/mol. The Kier molecular flexibility index (Phi) is 4.26. The lowest BCUT2D eigenvalue weighted by Gasteiger charge is -2.28. The first kappa shape index (κ1) is 15.5. The van der Waals surface area contributed by atoms with E-state index in [9.17, 15) is 4.79 Å². The number of para-hydroxylation sites is 1. The molecule has 1 N–H and O–H groups in total. The number of fused-ring (bicyclic) bond motifs is 1. The second-order valence-electron chi connectivity index (χ2n) is 5.83. The zero-order valence-corrected chi connectivity index (χ0v) is 13.7. The lowest BCUT2D eigenvalue weighted by Crippen LogP contribution is -2.36. The smallest absolute Gasteiger partial charge is 0.274 e. The van der Waals surface area contributed by atoms with E-state index in [2.05, 4.69) is 20.2 Å². The summed E-state index contributed by atoms with van der Waals surface area (Å²) in [5, 5.41) is 3.91. The van der Waals surface area contributed by atoms with Crippen molar-refractivity contribution in [2.45, 2.75) is 0 Å². The number of benzene rings is 1. The number of pyridine rings is 2. The lowest BCUT2D eigenvalue weighted by molar-refractivity contribution is 0.102. The Morgan fingerprint density at radius 2 is 1.88 bits per heavy atom. The monoisotopic (exact) mass is 334 g/mol. The van der Waals surface area contributed by atoms with Crippen molar-refractivity contribution in [2.75, 3.05) is 36.5 Å². The van der Waals surface area contributed by atoms with E-state index in [1.54, 1.807) is 12.4 Å². The maximum Gasteiger partial charge on any atom is 0.274 e. The van der Waals surface area contributed by atoms with Crippen LogP contribution in [0.1, 0.15) is 10.5 Å². The number of hydrogen-bond acceptors (Lipinski definition) is 5. The second kappa shape index (κ2) is 6.86. The average molecular weight is 334 g/mol. The van der Waals surface area contributed by atoms with E-state index in [-0.39, 0.29) is 5.91 Å². The highest BCUT2D eigenvalue weighted by Crippen LogP contribution is 2.22. The number of morpholine rings is 1. The molecule has 1 fully saturated rings. The molecule has 1 amide bonds. The van der Waals surface area contributed by atoms with Crippen molar-refractivity contribution < 1.29 is 9.53 Å². The molecule has 1 aliphatic rings. The quantitative estimate of drug-likeness (QED) is 0.798. The Hall–Kier alpha value is -2.99. The van der Waals surface area contributed by atoms with Crippen LogP contribution in [0.5, 0.6) is 0 Å². The summed E-state index contributed by atoms with van der Waals surface area (Å²) in [6.45, 7) is 3.04. The summed E-state index contributed by atoms with van der Waals surface area (Å²) >= 11 is 0. The minimum Gasteiger partial charge on any atom is -0.378 e. The number of aromatic nitrogens is 2. The minimum absolute atomic E-state index is 0.242. The van der Waals surface area contributed by atoms with E-state index in [0.717, 1.165) is 29.7 Å². The van der Waals surface area contributed by atoms with Gasteiger partial charge in [0.05, 0.1) is 24.4 Å². The van der Waals surface area contributed by atoms with Crippen LogP contribution in [0.25, 0.3) is 10.9 Å². The van der Waals surface area contributed by atoms with Crippen molar-refractivity contribution in [1.82, 2.24) is 9.97 Å². The van der Waals surface area contributed by atoms with Crippen LogP contribution < -0.4 is 10.2 Å². The first-order chi connectivity index (χ1) is 12.3. The van der Waals surface area contributed by atoms with E-state index in [1.165, 1.54) is 0 Å². The zero-order chi connectivity index (χ0) is 17.1. The second-order valence-corrected chi connectivity index (χ2v) is 5.83. The molecule has 0 unspecified atom stereocenters. The number of carbonyl (C=O) groups is 1. The van der Waals surface area contributed by atoms with E-state index in [1.807, 2.05) is 42.5 Å². The molecule has 3 aromatic rings. The molecule has 0 bridgehead atoms. The van der Waals surface area contributed by atoms with Crippen LogP contribution in [-0.2, 0) is 4.74 Å². The third kappa shape index (κ3) is 3.29. The predicted molar refractivity (Wildman–Crippen MR) is 97.0 cm³/mol. The predicted octanol–water partition coefficient (Wildman–Crippen LogP) is 2.72. The summed E-state index contributed by atoms with van der Waals surface area (Å²) in [4.78, 5) is 23.4. The van der Waals surface area contributed by atoms with Crippen LogP contribution in [0.15, 0.2) is 54.9 Å². The topological polar surface area (TPSA) is 67.4 Å². The van der Waals surface area contributed by atoms with Gasteiger partial charge in [-0.1, -0.05) is 18.2 Å². The number of rotatable bonds is 3. The van der Waals surface area contributed by atoms with Gasteiger partial charge in [-0.2, -0.15) is 0 Å². The van der Waals surface area contributed by atoms with Crippen LogP contribution in [0.3, 0.4) is 0 Å². The molecule has 6 heteroatoms. The molecule has 126 valence electrons. The molecule has 2 aromatic heterocycles. The molecule has 0 radical (unpaired) electrons. The van der Waals surface area contributed by atoms with Crippen molar-refractivity contribution in [2.24, 2.45) is 0 Å². The highest BCUT2D eigenvalue weighted by atomic mass is 16.5. The summed E-state index contributed by atoms with van der Waals surface area (Å²) in [6.07, 6.45) is 3.39. The summed E-state index contributed by atoms with van der Waals surface area (Å²) in [5.74, 6) is -0.242. The van der Waals surface area contributed by atoms with Gasteiger partial charge in [-0.05, 0) is 24.3 Å². The van der Waals surface area contributed by atoms with Gasteiger partial charge in [0.1, 0.15) is 5.69 Å². The van der Waals surface area contributed by atoms with E-state index in [0.29, 0.717) is 24.6 Å². The molecule has 1 aromatic carbocycles. The van der Waals surface area contributed by atoms with Crippen molar-refractivity contribution >= 4 is 28.2 Å². The molecule has 0 saturated carbocycles. The van der Waals surface area contributed by atoms with Gasteiger partial charge < -0.3 is 15.0 Å². The lowest BCUT2D eigenvalue weighted by atomic mass is 10.2. The molecule has 4 rings (SSSR count). The summed E-state index contributed by atoms with van der Waals surface area (Å²) < 4.78 is 5.38. The van der Waals surface area contributed by atoms with Crippen LogP contribution in [0, 0.1) is 0 Å². The van der Waals surface area contributed by atoms with E-state index in [4.69, 9.17) is 4.74 Å². The number of ether oxygens (including phenoxy) is 1. The minimum atomic E-state index is -0.242. The van der Waals surface area contributed by atoms with Crippen molar-refractivity contribution in [3.8, 4) is 0 Å². The SMILES string of the molecule is O=C(Nc1cccc2cccnc12)c1cc(N2CCOCC2)ccn1. The molecular formula is C19H18N4O2. The average Bonchev–Trinajstić information content (AvgIpc) is 2.69. The fraction of sp³-hybridized carbons (Fsp3) is 0.211.